The number of H-pyrrole nitrogens is 1. The fourth-order valence-corrected chi connectivity index (χ4v) is 5.85. The van der Waals surface area contributed by atoms with Gasteiger partial charge in [0.25, 0.3) is 0 Å². The van der Waals surface area contributed by atoms with Gasteiger partial charge in [0.15, 0.2) is 0 Å². The molecule has 2 nitrogen and oxygen atoms in total. The number of nitrogens with one attached hydrogen (secondary N) is 1. The van der Waals surface area contributed by atoms with Crippen molar-refractivity contribution >= 4 is 13.4 Å². The SMILES string of the molecule is C[Si]1(c2ccn[nH]2)CCCCC1. The number of aromatic amines is 1. The average molecular weight is 180 g/mol. The van der Waals surface area contributed by atoms with Crippen LogP contribution in [0.3, 0.4) is 0 Å². The topological polar surface area (TPSA) is 28.7 Å². The molecule has 0 bridgehead atoms. The number of nitrogens with zero attached hydrogens (tertiary/aromatic N) is 1. The maximum absolute atomic E-state index is 4.05. The van der Waals surface area contributed by atoms with Gasteiger partial charge in [-0.05, 0) is 6.07 Å². The minimum Gasteiger partial charge on any atom is -0.287 e. The highest BCUT2D eigenvalue weighted by molar-refractivity contribution is 6.90. The lowest BCUT2D eigenvalue weighted by Gasteiger charge is -2.29. The molecule has 0 aliphatic carbocycles. The quantitative estimate of drug-likeness (QED) is 0.657. The second-order valence-corrected chi connectivity index (χ2v) is 8.75. The summed E-state index contributed by atoms with van der Waals surface area (Å²) >= 11 is 0. The maximum atomic E-state index is 4.05. The van der Waals surface area contributed by atoms with E-state index in [1.54, 1.807) is 0 Å². The first-order chi connectivity index (χ1) is 5.81. The van der Waals surface area contributed by atoms with Crippen LogP contribution in [0.2, 0.25) is 18.6 Å². The van der Waals surface area contributed by atoms with E-state index >= 15 is 0 Å². The van der Waals surface area contributed by atoms with Crippen molar-refractivity contribution in [1.82, 2.24) is 10.2 Å². The van der Waals surface area contributed by atoms with Gasteiger partial charge in [-0.3, -0.25) is 5.10 Å². The molecule has 1 N–H and O–H groups in total. The van der Waals surface area contributed by atoms with Crippen molar-refractivity contribution in [1.29, 1.82) is 0 Å². The zero-order valence-corrected chi connectivity index (χ0v) is 8.64. The largest absolute Gasteiger partial charge is 0.287 e. The lowest BCUT2D eigenvalue weighted by atomic mass is 10.3. The van der Waals surface area contributed by atoms with Crippen LogP contribution in [-0.4, -0.2) is 18.3 Å². The second-order valence-electron chi connectivity index (χ2n) is 4.09. The first-order valence-corrected chi connectivity index (χ1v) is 7.73. The Kier molecular flexibility index (Phi) is 2.05. The summed E-state index contributed by atoms with van der Waals surface area (Å²) in [6.45, 7) is 2.49. The van der Waals surface area contributed by atoms with Gasteiger partial charge in [0.05, 0.1) is 0 Å². The molecule has 1 aliphatic rings. The monoisotopic (exact) mass is 180 g/mol. The molecule has 12 heavy (non-hydrogen) atoms. The van der Waals surface area contributed by atoms with Crippen LogP contribution in [0.15, 0.2) is 12.3 Å². The Morgan fingerprint density at radius 3 is 2.67 bits per heavy atom. The number of aromatic nitrogens is 2. The first-order valence-electron chi connectivity index (χ1n) is 4.81. The summed E-state index contributed by atoms with van der Waals surface area (Å²) < 4.78 is 0. The van der Waals surface area contributed by atoms with E-state index < -0.39 is 8.07 Å². The van der Waals surface area contributed by atoms with Crippen LogP contribution in [0.4, 0.5) is 0 Å². The molecule has 1 aliphatic heterocycles. The van der Waals surface area contributed by atoms with Crippen LogP contribution in [-0.2, 0) is 0 Å². The Morgan fingerprint density at radius 2 is 2.08 bits per heavy atom. The standard InChI is InChI=1S/C9H16N2Si/c1-12(7-3-2-4-8-12)9-5-6-10-11-9/h5-6H,2-4,7-8H2,1H3,(H,10,11). The summed E-state index contributed by atoms with van der Waals surface area (Å²) in [5.74, 6) is 0. The summed E-state index contributed by atoms with van der Waals surface area (Å²) in [5.41, 5.74) is 0. The van der Waals surface area contributed by atoms with Gasteiger partial charge in [-0.25, -0.2) is 0 Å². The second kappa shape index (κ2) is 3.05. The molecule has 0 spiro atoms. The molecule has 1 fully saturated rings. The molecule has 0 aromatic carbocycles. The van der Waals surface area contributed by atoms with Gasteiger partial charge in [-0.1, -0.05) is 37.9 Å². The third-order valence-electron chi connectivity index (χ3n) is 3.11. The maximum Gasteiger partial charge on any atom is 0.106 e. The van der Waals surface area contributed by atoms with Crippen molar-refractivity contribution in [3.8, 4) is 0 Å². The van der Waals surface area contributed by atoms with E-state index in [1.807, 2.05) is 6.20 Å². The predicted octanol–water partition coefficient (Wildman–Crippen LogP) is 1.88. The van der Waals surface area contributed by atoms with Crippen molar-refractivity contribution in [3.63, 3.8) is 0 Å². The molecule has 3 heteroatoms. The average Bonchev–Trinajstić information content (AvgIpc) is 2.58. The van der Waals surface area contributed by atoms with Crippen LogP contribution < -0.4 is 5.32 Å². The Morgan fingerprint density at radius 1 is 1.33 bits per heavy atom. The van der Waals surface area contributed by atoms with Gasteiger partial charge < -0.3 is 0 Å². The van der Waals surface area contributed by atoms with Gasteiger partial charge in [-0.15, -0.1) is 0 Å². The molecular formula is C9H16N2Si. The summed E-state index contributed by atoms with van der Waals surface area (Å²) in [6.07, 6.45) is 6.20. The fourth-order valence-electron chi connectivity index (χ4n) is 2.19. The number of hydrogen-bond acceptors (Lipinski definition) is 1. The minimum atomic E-state index is -1.08. The minimum absolute atomic E-state index is 1.08. The van der Waals surface area contributed by atoms with Crippen LogP contribution >= 0.6 is 0 Å². The molecule has 0 saturated carbocycles. The molecule has 2 heterocycles. The molecule has 0 atom stereocenters. The molecule has 66 valence electrons. The summed E-state index contributed by atoms with van der Waals surface area (Å²) in [4.78, 5) is 0. The van der Waals surface area contributed by atoms with Crippen LogP contribution in [0.5, 0.6) is 0 Å². The van der Waals surface area contributed by atoms with E-state index in [-0.39, 0.29) is 0 Å². The van der Waals surface area contributed by atoms with E-state index in [1.165, 1.54) is 36.7 Å². The van der Waals surface area contributed by atoms with Gasteiger partial charge in [0.1, 0.15) is 8.07 Å². The number of hydrogen-bond donors (Lipinski definition) is 1. The molecular weight excluding hydrogens is 164 g/mol. The normalized spacial score (nSPS) is 22.4. The van der Waals surface area contributed by atoms with Crippen molar-refractivity contribution in [3.05, 3.63) is 12.3 Å². The fraction of sp³-hybridized carbons (Fsp3) is 0.667. The van der Waals surface area contributed by atoms with Crippen molar-refractivity contribution in [2.24, 2.45) is 0 Å². The number of rotatable bonds is 1. The van der Waals surface area contributed by atoms with E-state index in [0.717, 1.165) is 0 Å². The van der Waals surface area contributed by atoms with E-state index in [0.29, 0.717) is 0 Å². The van der Waals surface area contributed by atoms with E-state index in [4.69, 9.17) is 0 Å². The molecule has 0 radical (unpaired) electrons. The Bertz CT molecular complexity index is 237. The Balaban J connectivity index is 2.19. The highest BCUT2D eigenvalue weighted by Gasteiger charge is 2.32. The van der Waals surface area contributed by atoms with Crippen molar-refractivity contribution < 1.29 is 0 Å². The predicted molar refractivity (Wildman–Crippen MR) is 53.3 cm³/mol. The van der Waals surface area contributed by atoms with Gasteiger partial charge in [-0.2, -0.15) is 5.10 Å². The van der Waals surface area contributed by atoms with E-state index in [9.17, 15) is 0 Å². The van der Waals surface area contributed by atoms with Crippen LogP contribution in [0.1, 0.15) is 19.3 Å². The summed E-state index contributed by atoms with van der Waals surface area (Å²) in [6, 6.07) is 5.09. The lowest BCUT2D eigenvalue weighted by Crippen LogP contribution is -2.46. The highest BCUT2D eigenvalue weighted by atomic mass is 28.3. The molecule has 0 amide bonds. The molecule has 1 aromatic heterocycles. The first kappa shape index (κ1) is 8.04. The van der Waals surface area contributed by atoms with Gasteiger partial charge >= 0.3 is 0 Å². The molecule has 1 saturated heterocycles. The molecule has 2 rings (SSSR count). The van der Waals surface area contributed by atoms with Gasteiger partial charge in [0.2, 0.25) is 0 Å². The third-order valence-corrected chi connectivity index (χ3v) is 7.60. The van der Waals surface area contributed by atoms with Crippen LogP contribution in [0.25, 0.3) is 0 Å². The van der Waals surface area contributed by atoms with Gasteiger partial charge in [0, 0.05) is 11.5 Å². The zero-order valence-electron chi connectivity index (χ0n) is 7.64. The lowest BCUT2D eigenvalue weighted by molar-refractivity contribution is 0.716. The van der Waals surface area contributed by atoms with Crippen molar-refractivity contribution in [2.45, 2.75) is 37.9 Å². The van der Waals surface area contributed by atoms with Crippen LogP contribution in [0, 0.1) is 0 Å². The zero-order chi connectivity index (χ0) is 8.44. The molecule has 1 aromatic rings. The third kappa shape index (κ3) is 1.33. The Labute approximate surface area is 74.4 Å². The van der Waals surface area contributed by atoms with E-state index in [2.05, 4.69) is 22.8 Å². The smallest absolute Gasteiger partial charge is 0.106 e. The van der Waals surface area contributed by atoms with Crippen molar-refractivity contribution in [2.75, 3.05) is 0 Å². The molecule has 0 unspecified atom stereocenters. The Hall–Kier alpha value is -0.573. The summed E-state index contributed by atoms with van der Waals surface area (Å²) in [5, 5.41) is 8.67. The highest BCUT2D eigenvalue weighted by Crippen LogP contribution is 2.27. The summed E-state index contributed by atoms with van der Waals surface area (Å²) in [7, 11) is -1.08.